The number of rotatable bonds is 4. The van der Waals surface area contributed by atoms with Crippen molar-refractivity contribution in [1.82, 2.24) is 15.3 Å². The molecule has 0 saturated heterocycles. The Hall–Kier alpha value is -1.20. The fourth-order valence-corrected chi connectivity index (χ4v) is 1.83. The lowest BCUT2D eigenvalue weighted by Gasteiger charge is -2.13. The first-order valence-corrected chi connectivity index (χ1v) is 6.31. The van der Waals surface area contributed by atoms with Gasteiger partial charge in [0.05, 0.1) is 11.2 Å². The van der Waals surface area contributed by atoms with Crippen LogP contribution in [0.2, 0.25) is 0 Å². The third-order valence-corrected chi connectivity index (χ3v) is 3.07. The summed E-state index contributed by atoms with van der Waals surface area (Å²) in [4.78, 5) is 8.69. The first-order chi connectivity index (χ1) is 8.20. The molecule has 1 atom stereocenters. The van der Waals surface area contributed by atoms with E-state index < -0.39 is 0 Å². The predicted molar refractivity (Wildman–Crippen MR) is 74.2 cm³/mol. The number of aromatic nitrogens is 2. The second kappa shape index (κ2) is 5.42. The lowest BCUT2D eigenvalue weighted by Crippen LogP contribution is -2.29. The molecule has 0 spiro atoms. The Labute approximate surface area is 109 Å². The summed E-state index contributed by atoms with van der Waals surface area (Å²) in [7, 11) is 1.95. The molecule has 0 aliphatic rings. The summed E-state index contributed by atoms with van der Waals surface area (Å²) < 4.78 is 0.943. The molecule has 2 aromatic rings. The number of likely N-dealkylation sites (N-methyl/N-ethyl adjacent to an activating group) is 1. The van der Waals surface area contributed by atoms with Crippen molar-refractivity contribution in [3.8, 4) is 0 Å². The standard InChI is InChI=1S/C12H15BrN4/c1-8(14-2)6-16-10-3-4-15-11-5-9(13)7-17-12(10)11/h3-5,7-8,14H,6H2,1-2H3,(H,15,16). The maximum Gasteiger partial charge on any atom is 0.112 e. The number of pyridine rings is 2. The summed E-state index contributed by atoms with van der Waals surface area (Å²) in [6.07, 6.45) is 3.58. The predicted octanol–water partition coefficient (Wildman–Crippen LogP) is 2.41. The summed E-state index contributed by atoms with van der Waals surface area (Å²) in [5, 5.41) is 6.56. The lowest BCUT2D eigenvalue weighted by molar-refractivity contribution is 0.638. The van der Waals surface area contributed by atoms with Crippen LogP contribution >= 0.6 is 15.9 Å². The molecule has 0 saturated carbocycles. The van der Waals surface area contributed by atoms with Crippen LogP contribution in [-0.2, 0) is 0 Å². The van der Waals surface area contributed by atoms with Crippen molar-refractivity contribution in [3.63, 3.8) is 0 Å². The molecule has 2 N–H and O–H groups in total. The second-order valence-electron chi connectivity index (χ2n) is 3.95. The highest BCUT2D eigenvalue weighted by Crippen LogP contribution is 2.21. The largest absolute Gasteiger partial charge is 0.382 e. The third kappa shape index (κ3) is 2.92. The molecule has 0 fully saturated rings. The first-order valence-electron chi connectivity index (χ1n) is 5.52. The molecule has 1 unspecified atom stereocenters. The molecule has 2 aromatic heterocycles. The van der Waals surface area contributed by atoms with E-state index in [0.717, 1.165) is 27.7 Å². The van der Waals surface area contributed by atoms with Crippen molar-refractivity contribution in [2.24, 2.45) is 0 Å². The second-order valence-corrected chi connectivity index (χ2v) is 4.87. The Bertz CT molecular complexity index is 515. The monoisotopic (exact) mass is 294 g/mol. The molecule has 0 aliphatic carbocycles. The summed E-state index contributed by atoms with van der Waals surface area (Å²) in [5.41, 5.74) is 2.81. The van der Waals surface area contributed by atoms with Crippen LogP contribution < -0.4 is 10.6 Å². The molecule has 2 rings (SSSR count). The third-order valence-electron chi connectivity index (χ3n) is 2.64. The van der Waals surface area contributed by atoms with Gasteiger partial charge in [0.1, 0.15) is 5.52 Å². The van der Waals surface area contributed by atoms with Crippen LogP contribution in [0.5, 0.6) is 0 Å². The fourth-order valence-electron chi connectivity index (χ4n) is 1.51. The number of halogens is 1. The van der Waals surface area contributed by atoms with Gasteiger partial charge in [-0.3, -0.25) is 9.97 Å². The summed E-state index contributed by atoms with van der Waals surface area (Å²) >= 11 is 3.40. The SMILES string of the molecule is CNC(C)CNc1ccnc2cc(Br)cnc12. The zero-order valence-electron chi connectivity index (χ0n) is 9.87. The molecular weight excluding hydrogens is 280 g/mol. The lowest BCUT2D eigenvalue weighted by atomic mass is 10.2. The van der Waals surface area contributed by atoms with E-state index in [1.807, 2.05) is 19.2 Å². The topological polar surface area (TPSA) is 49.8 Å². The maximum absolute atomic E-state index is 4.39. The molecular formula is C12H15BrN4. The van der Waals surface area contributed by atoms with Gasteiger partial charge in [0.15, 0.2) is 0 Å². The van der Waals surface area contributed by atoms with Crippen molar-refractivity contribution in [2.45, 2.75) is 13.0 Å². The van der Waals surface area contributed by atoms with Crippen LogP contribution in [0.1, 0.15) is 6.92 Å². The molecule has 17 heavy (non-hydrogen) atoms. The Kier molecular flexibility index (Phi) is 3.91. The minimum absolute atomic E-state index is 0.411. The zero-order valence-corrected chi connectivity index (χ0v) is 11.5. The van der Waals surface area contributed by atoms with Gasteiger partial charge in [0.25, 0.3) is 0 Å². The minimum atomic E-state index is 0.411. The number of hydrogen-bond donors (Lipinski definition) is 2. The van der Waals surface area contributed by atoms with Gasteiger partial charge in [-0.15, -0.1) is 0 Å². The Morgan fingerprint density at radius 3 is 3.00 bits per heavy atom. The van der Waals surface area contributed by atoms with Crippen molar-refractivity contribution in [2.75, 3.05) is 18.9 Å². The highest BCUT2D eigenvalue weighted by Gasteiger charge is 2.04. The summed E-state index contributed by atoms with van der Waals surface area (Å²) in [6, 6.07) is 4.33. The van der Waals surface area contributed by atoms with Crippen LogP contribution in [0.25, 0.3) is 11.0 Å². The van der Waals surface area contributed by atoms with Gasteiger partial charge >= 0.3 is 0 Å². The van der Waals surface area contributed by atoms with Gasteiger partial charge < -0.3 is 10.6 Å². The van der Waals surface area contributed by atoms with Gasteiger partial charge in [-0.25, -0.2) is 0 Å². The quantitative estimate of drug-likeness (QED) is 0.909. The molecule has 5 heteroatoms. The van der Waals surface area contributed by atoms with E-state index in [4.69, 9.17) is 0 Å². The average molecular weight is 295 g/mol. The van der Waals surface area contributed by atoms with Crippen LogP contribution in [0.3, 0.4) is 0 Å². The average Bonchev–Trinajstić information content (AvgIpc) is 2.35. The fraction of sp³-hybridized carbons (Fsp3) is 0.333. The van der Waals surface area contributed by atoms with E-state index in [1.54, 1.807) is 12.4 Å². The molecule has 0 radical (unpaired) electrons. The van der Waals surface area contributed by atoms with Gasteiger partial charge in [-0.2, -0.15) is 0 Å². The number of anilines is 1. The minimum Gasteiger partial charge on any atom is -0.382 e. The molecule has 0 aliphatic heterocycles. The van der Waals surface area contributed by atoms with E-state index in [9.17, 15) is 0 Å². The smallest absolute Gasteiger partial charge is 0.112 e. The molecule has 90 valence electrons. The molecule has 0 bridgehead atoms. The Morgan fingerprint density at radius 2 is 2.24 bits per heavy atom. The van der Waals surface area contributed by atoms with Gasteiger partial charge in [-0.1, -0.05) is 0 Å². The van der Waals surface area contributed by atoms with Crippen LogP contribution in [0, 0.1) is 0 Å². The zero-order chi connectivity index (χ0) is 12.3. The van der Waals surface area contributed by atoms with Gasteiger partial charge in [0.2, 0.25) is 0 Å². The molecule has 4 nitrogen and oxygen atoms in total. The van der Waals surface area contributed by atoms with E-state index in [1.165, 1.54) is 0 Å². The Balaban J connectivity index is 2.28. The number of nitrogens with one attached hydrogen (secondary N) is 2. The van der Waals surface area contributed by atoms with Crippen LogP contribution in [0.4, 0.5) is 5.69 Å². The molecule has 0 amide bonds. The summed E-state index contributed by atoms with van der Waals surface area (Å²) in [6.45, 7) is 2.98. The van der Waals surface area contributed by atoms with Crippen molar-refractivity contribution >= 4 is 32.7 Å². The normalized spacial score (nSPS) is 12.6. The van der Waals surface area contributed by atoms with E-state index in [2.05, 4.69) is 43.5 Å². The highest BCUT2D eigenvalue weighted by molar-refractivity contribution is 9.10. The van der Waals surface area contributed by atoms with E-state index >= 15 is 0 Å². The number of hydrogen-bond acceptors (Lipinski definition) is 4. The first kappa shape index (κ1) is 12.3. The maximum atomic E-state index is 4.39. The number of fused-ring (bicyclic) bond motifs is 1. The van der Waals surface area contributed by atoms with Gasteiger partial charge in [-0.05, 0) is 42.0 Å². The van der Waals surface area contributed by atoms with Crippen molar-refractivity contribution in [1.29, 1.82) is 0 Å². The summed E-state index contributed by atoms with van der Waals surface area (Å²) in [5.74, 6) is 0. The van der Waals surface area contributed by atoms with Crippen LogP contribution in [0.15, 0.2) is 29.0 Å². The molecule has 0 aromatic carbocycles. The molecule has 2 heterocycles. The Morgan fingerprint density at radius 1 is 1.41 bits per heavy atom. The van der Waals surface area contributed by atoms with E-state index in [-0.39, 0.29) is 0 Å². The van der Waals surface area contributed by atoms with Crippen molar-refractivity contribution in [3.05, 3.63) is 29.0 Å². The van der Waals surface area contributed by atoms with Gasteiger partial charge in [0, 0.05) is 29.5 Å². The van der Waals surface area contributed by atoms with Crippen LogP contribution in [-0.4, -0.2) is 29.6 Å². The van der Waals surface area contributed by atoms with E-state index in [0.29, 0.717) is 6.04 Å². The highest BCUT2D eigenvalue weighted by atomic mass is 79.9. The van der Waals surface area contributed by atoms with Crippen molar-refractivity contribution < 1.29 is 0 Å². The number of nitrogens with zero attached hydrogens (tertiary/aromatic N) is 2.